The Balaban J connectivity index is 4.19. The summed E-state index contributed by atoms with van der Waals surface area (Å²) < 4.78 is 32.9. The fraction of sp³-hybridized carbons (Fsp3) is 0.868. The van der Waals surface area contributed by atoms with E-state index in [0.717, 1.165) is 44.9 Å². The number of carboxylic acid groups (broad SMARTS) is 1. The van der Waals surface area contributed by atoms with Crippen molar-refractivity contribution in [2.24, 2.45) is 5.73 Å². The zero-order valence-corrected chi connectivity index (χ0v) is 42.7. The van der Waals surface area contributed by atoms with Gasteiger partial charge in [0.1, 0.15) is 12.6 Å². The quantitative estimate of drug-likeness (QED) is 0.0229. The number of carboxylic acids is 1. The molecule has 0 bridgehead atoms. The lowest BCUT2D eigenvalue weighted by molar-refractivity contribution is -0.161. The van der Waals surface area contributed by atoms with E-state index in [1.807, 2.05) is 0 Å². The topological polar surface area (TPSA) is 172 Å². The SMILES string of the molecule is CCCCCCCCC/C=C\CCCCCCCCCC(=O)OCC(COP(=O)(O)OCC(N)C(=O)O)OC(=O)CCCCCCCCCCCCC/C=C\CCCCCCCCCC. The normalized spacial score (nSPS) is 13.7. The molecule has 0 amide bonds. The van der Waals surface area contributed by atoms with Gasteiger partial charge in [-0.1, -0.05) is 212 Å². The number of nitrogens with two attached hydrogens (primary N) is 1. The number of unbranched alkanes of at least 4 members (excludes halogenated alkanes) is 33. The third-order valence-electron chi connectivity index (χ3n) is 11.9. The number of hydrogen-bond acceptors (Lipinski definition) is 9. The summed E-state index contributed by atoms with van der Waals surface area (Å²) in [5.41, 5.74) is 5.36. The molecule has 65 heavy (non-hydrogen) atoms. The van der Waals surface area contributed by atoms with E-state index in [9.17, 15) is 23.8 Å². The third kappa shape index (κ3) is 48.2. The van der Waals surface area contributed by atoms with Gasteiger partial charge in [0.2, 0.25) is 0 Å². The van der Waals surface area contributed by atoms with E-state index in [0.29, 0.717) is 12.8 Å². The summed E-state index contributed by atoms with van der Waals surface area (Å²) in [5.74, 6) is -2.37. The first-order valence-corrected chi connectivity index (χ1v) is 28.4. The maximum atomic E-state index is 12.7. The number of aliphatic carboxylic acids is 1. The van der Waals surface area contributed by atoms with Gasteiger partial charge in [0.25, 0.3) is 0 Å². The van der Waals surface area contributed by atoms with Crippen LogP contribution in [0.25, 0.3) is 0 Å². The molecule has 3 atom stereocenters. The predicted octanol–water partition coefficient (Wildman–Crippen LogP) is 15.4. The van der Waals surface area contributed by atoms with Crippen molar-refractivity contribution in [3.05, 3.63) is 24.3 Å². The van der Waals surface area contributed by atoms with Crippen LogP contribution in [0.2, 0.25) is 0 Å². The molecule has 12 heteroatoms. The average Bonchev–Trinajstić information content (AvgIpc) is 3.28. The van der Waals surface area contributed by atoms with Crippen molar-refractivity contribution in [3.63, 3.8) is 0 Å². The molecule has 0 aliphatic rings. The minimum atomic E-state index is -4.72. The van der Waals surface area contributed by atoms with Crippen molar-refractivity contribution in [2.45, 2.75) is 276 Å². The molecule has 0 saturated heterocycles. The Bertz CT molecular complexity index is 1200. The van der Waals surface area contributed by atoms with Crippen LogP contribution in [0.3, 0.4) is 0 Å². The fourth-order valence-corrected chi connectivity index (χ4v) is 8.48. The molecular formula is C53H100NO10P. The van der Waals surface area contributed by atoms with Crippen LogP contribution < -0.4 is 5.73 Å². The number of carbonyl (C=O) groups is 3. The molecule has 0 saturated carbocycles. The molecule has 4 N–H and O–H groups in total. The Morgan fingerprint density at radius 2 is 0.769 bits per heavy atom. The lowest BCUT2D eigenvalue weighted by Gasteiger charge is -2.20. The first-order valence-electron chi connectivity index (χ1n) is 26.9. The Hall–Kier alpha value is -2.04. The smallest absolute Gasteiger partial charge is 0.472 e. The van der Waals surface area contributed by atoms with Crippen molar-refractivity contribution in [1.29, 1.82) is 0 Å². The Kier molecular flexibility index (Phi) is 46.9. The van der Waals surface area contributed by atoms with Gasteiger partial charge in [-0.25, -0.2) is 4.57 Å². The van der Waals surface area contributed by atoms with Gasteiger partial charge in [-0.2, -0.15) is 0 Å². The maximum absolute atomic E-state index is 12.7. The molecule has 0 aromatic carbocycles. The van der Waals surface area contributed by atoms with Crippen LogP contribution in [0.15, 0.2) is 24.3 Å². The molecule has 0 heterocycles. The lowest BCUT2D eigenvalue weighted by Crippen LogP contribution is -2.34. The second kappa shape index (κ2) is 48.4. The van der Waals surface area contributed by atoms with E-state index in [2.05, 4.69) is 42.7 Å². The van der Waals surface area contributed by atoms with Crippen molar-refractivity contribution in [2.75, 3.05) is 19.8 Å². The van der Waals surface area contributed by atoms with E-state index in [1.54, 1.807) is 0 Å². The first kappa shape index (κ1) is 63.0. The summed E-state index contributed by atoms with van der Waals surface area (Å²) in [7, 11) is -4.72. The van der Waals surface area contributed by atoms with Gasteiger partial charge in [0, 0.05) is 12.8 Å². The van der Waals surface area contributed by atoms with Crippen LogP contribution in [-0.2, 0) is 37.5 Å². The third-order valence-corrected chi connectivity index (χ3v) is 12.9. The number of carbonyl (C=O) groups excluding carboxylic acids is 2. The second-order valence-electron chi connectivity index (χ2n) is 18.4. The lowest BCUT2D eigenvalue weighted by atomic mass is 10.0. The van der Waals surface area contributed by atoms with E-state index in [1.165, 1.54) is 180 Å². The molecular weight excluding hydrogens is 842 g/mol. The highest BCUT2D eigenvalue weighted by molar-refractivity contribution is 7.47. The highest BCUT2D eigenvalue weighted by Crippen LogP contribution is 2.43. The summed E-state index contributed by atoms with van der Waals surface area (Å²) in [5, 5.41) is 8.93. The monoisotopic (exact) mass is 942 g/mol. The number of phosphoric acid groups is 1. The molecule has 0 rings (SSSR count). The number of rotatable bonds is 51. The summed E-state index contributed by atoms with van der Waals surface area (Å²) >= 11 is 0. The molecule has 0 fully saturated rings. The number of esters is 2. The van der Waals surface area contributed by atoms with Crippen molar-refractivity contribution < 1.29 is 47.5 Å². The molecule has 0 aliphatic carbocycles. The summed E-state index contributed by atoms with van der Waals surface area (Å²) in [6, 6.07) is -1.52. The molecule has 382 valence electrons. The Morgan fingerprint density at radius 3 is 1.12 bits per heavy atom. The maximum Gasteiger partial charge on any atom is 0.472 e. The molecule has 0 aromatic rings. The standard InChI is InChI=1S/C53H100NO10P/c1-3-5-7-9-11-13-15-17-19-21-23-24-25-26-27-29-31-33-35-37-39-41-43-45-52(56)64-49(47-62-65(59,60)63-48-50(54)53(57)58)46-61-51(55)44-42-40-38-36-34-32-30-28-22-20-18-16-14-12-10-8-6-4-2/h20-23,49-50H,3-19,24-48,54H2,1-2H3,(H,57,58)(H,59,60)/b22-20-,23-21-. The number of phosphoric ester groups is 1. The van der Waals surface area contributed by atoms with Gasteiger partial charge in [-0.15, -0.1) is 0 Å². The van der Waals surface area contributed by atoms with Crippen molar-refractivity contribution >= 4 is 25.7 Å². The highest BCUT2D eigenvalue weighted by atomic mass is 31.2. The number of ether oxygens (including phenoxy) is 2. The highest BCUT2D eigenvalue weighted by Gasteiger charge is 2.28. The van der Waals surface area contributed by atoms with Crippen LogP contribution in [0.5, 0.6) is 0 Å². The van der Waals surface area contributed by atoms with Crippen LogP contribution in [0, 0.1) is 0 Å². The van der Waals surface area contributed by atoms with Crippen LogP contribution in [-0.4, -0.2) is 59.9 Å². The van der Waals surface area contributed by atoms with Crippen molar-refractivity contribution in [1.82, 2.24) is 0 Å². The van der Waals surface area contributed by atoms with Gasteiger partial charge in [-0.3, -0.25) is 23.4 Å². The largest absolute Gasteiger partial charge is 0.480 e. The Morgan fingerprint density at radius 1 is 0.462 bits per heavy atom. The van der Waals surface area contributed by atoms with Crippen LogP contribution in [0.1, 0.15) is 264 Å². The zero-order chi connectivity index (χ0) is 47.7. The van der Waals surface area contributed by atoms with Gasteiger partial charge < -0.3 is 25.2 Å². The summed E-state index contributed by atoms with van der Waals surface area (Å²) in [4.78, 5) is 46.2. The van der Waals surface area contributed by atoms with Crippen LogP contribution in [0.4, 0.5) is 0 Å². The first-order chi connectivity index (χ1) is 31.6. The number of hydrogen-bond donors (Lipinski definition) is 3. The zero-order valence-electron chi connectivity index (χ0n) is 41.8. The van der Waals surface area contributed by atoms with Gasteiger partial charge >= 0.3 is 25.7 Å². The molecule has 0 radical (unpaired) electrons. The average molecular weight is 942 g/mol. The molecule has 3 unspecified atom stereocenters. The molecule has 0 aliphatic heterocycles. The number of allylic oxidation sites excluding steroid dienone is 4. The van der Waals surface area contributed by atoms with Crippen LogP contribution >= 0.6 is 7.82 Å². The molecule has 0 spiro atoms. The summed E-state index contributed by atoms with van der Waals surface area (Å²) in [6.45, 7) is 2.85. The minimum absolute atomic E-state index is 0.162. The fourth-order valence-electron chi connectivity index (χ4n) is 7.70. The molecule has 0 aromatic heterocycles. The minimum Gasteiger partial charge on any atom is -0.480 e. The van der Waals surface area contributed by atoms with E-state index >= 15 is 0 Å². The second-order valence-corrected chi connectivity index (χ2v) is 19.8. The van der Waals surface area contributed by atoms with Gasteiger partial charge in [0.05, 0.1) is 13.2 Å². The van der Waals surface area contributed by atoms with Gasteiger partial charge in [0.15, 0.2) is 6.10 Å². The Labute approximate surface area is 398 Å². The van der Waals surface area contributed by atoms with E-state index in [4.69, 9.17) is 24.8 Å². The summed E-state index contributed by atoms with van der Waals surface area (Å²) in [6.07, 6.45) is 53.8. The van der Waals surface area contributed by atoms with E-state index < -0.39 is 51.1 Å². The van der Waals surface area contributed by atoms with Gasteiger partial charge in [-0.05, 0) is 64.2 Å². The van der Waals surface area contributed by atoms with E-state index in [-0.39, 0.29) is 19.4 Å². The van der Waals surface area contributed by atoms with Crippen molar-refractivity contribution in [3.8, 4) is 0 Å². The molecule has 11 nitrogen and oxygen atoms in total. The predicted molar refractivity (Wildman–Crippen MR) is 268 cm³/mol.